The fraction of sp³-hybridized carbons (Fsp3) is 0.231. The first-order chi connectivity index (χ1) is 8.54. The van der Waals surface area contributed by atoms with Gasteiger partial charge in [0.05, 0.1) is 14.4 Å². The van der Waals surface area contributed by atoms with Gasteiger partial charge in [0.25, 0.3) is 0 Å². The molecule has 0 aliphatic carbocycles. The second-order valence-electron chi connectivity index (χ2n) is 4.12. The standard InChI is InChI=1S/C13H12Cl3NS/c14-11-3-1-8(6-12(11)15)5-9(17)7-10-2-4-13(16)18-10/h1-4,6,9H,5,7,17H2. The second-order valence-corrected chi connectivity index (χ2v) is 6.74. The van der Waals surface area contributed by atoms with Crippen LogP contribution in [0.15, 0.2) is 30.3 Å². The quantitative estimate of drug-likeness (QED) is 0.858. The van der Waals surface area contributed by atoms with Gasteiger partial charge in [0.1, 0.15) is 0 Å². The van der Waals surface area contributed by atoms with Crippen LogP contribution in [-0.2, 0) is 12.8 Å². The molecule has 0 spiro atoms. The van der Waals surface area contributed by atoms with Crippen molar-refractivity contribution < 1.29 is 0 Å². The van der Waals surface area contributed by atoms with E-state index in [4.69, 9.17) is 40.5 Å². The normalized spacial score (nSPS) is 12.7. The molecule has 1 aromatic carbocycles. The molecule has 1 nitrogen and oxygen atoms in total. The Kier molecular flexibility index (Phi) is 4.93. The van der Waals surface area contributed by atoms with E-state index < -0.39 is 0 Å². The van der Waals surface area contributed by atoms with Crippen LogP contribution in [0, 0.1) is 0 Å². The highest BCUT2D eigenvalue weighted by molar-refractivity contribution is 7.16. The van der Waals surface area contributed by atoms with E-state index in [1.54, 1.807) is 17.4 Å². The molecule has 1 aromatic heterocycles. The van der Waals surface area contributed by atoms with E-state index in [1.165, 1.54) is 4.88 Å². The minimum atomic E-state index is 0.0527. The van der Waals surface area contributed by atoms with Crippen molar-refractivity contribution in [3.8, 4) is 0 Å². The van der Waals surface area contributed by atoms with Gasteiger partial charge in [-0.15, -0.1) is 11.3 Å². The first kappa shape index (κ1) is 14.2. The third-order valence-corrected chi connectivity index (χ3v) is 4.57. The van der Waals surface area contributed by atoms with Gasteiger partial charge >= 0.3 is 0 Å². The number of hydrogen-bond donors (Lipinski definition) is 1. The summed E-state index contributed by atoms with van der Waals surface area (Å²) in [5, 5.41) is 1.14. The molecule has 0 radical (unpaired) electrons. The SMILES string of the molecule is NC(Cc1ccc(Cl)c(Cl)c1)Cc1ccc(Cl)s1. The molecule has 0 aliphatic heterocycles. The second kappa shape index (κ2) is 6.27. The summed E-state index contributed by atoms with van der Waals surface area (Å²) in [4.78, 5) is 1.20. The maximum Gasteiger partial charge on any atom is 0.0931 e. The molecule has 1 unspecified atom stereocenters. The Morgan fingerprint density at radius 3 is 2.39 bits per heavy atom. The van der Waals surface area contributed by atoms with E-state index >= 15 is 0 Å². The van der Waals surface area contributed by atoms with Gasteiger partial charge in [-0.25, -0.2) is 0 Å². The molecule has 2 rings (SSSR count). The van der Waals surface area contributed by atoms with Crippen molar-refractivity contribution in [2.75, 3.05) is 0 Å². The van der Waals surface area contributed by atoms with Crippen molar-refractivity contribution in [2.45, 2.75) is 18.9 Å². The molecule has 5 heteroatoms. The maximum atomic E-state index is 6.12. The van der Waals surface area contributed by atoms with Gasteiger partial charge in [-0.2, -0.15) is 0 Å². The number of rotatable bonds is 4. The maximum absolute atomic E-state index is 6.12. The molecular formula is C13H12Cl3NS. The predicted octanol–water partition coefficient (Wildman–Crippen LogP) is 4.82. The number of benzene rings is 1. The van der Waals surface area contributed by atoms with Crippen LogP contribution in [-0.4, -0.2) is 6.04 Å². The van der Waals surface area contributed by atoms with Crippen LogP contribution in [0.5, 0.6) is 0 Å². The molecule has 0 aliphatic rings. The van der Waals surface area contributed by atoms with Crippen molar-refractivity contribution in [2.24, 2.45) is 5.73 Å². The summed E-state index contributed by atoms with van der Waals surface area (Å²) < 4.78 is 0.798. The van der Waals surface area contributed by atoms with Gasteiger partial charge in [0, 0.05) is 10.9 Å². The number of thiophene rings is 1. The molecule has 2 aromatic rings. The van der Waals surface area contributed by atoms with Crippen molar-refractivity contribution in [3.05, 3.63) is 55.2 Å². The molecule has 0 bridgehead atoms. The zero-order valence-corrected chi connectivity index (χ0v) is 12.6. The zero-order chi connectivity index (χ0) is 13.1. The molecular weight excluding hydrogens is 309 g/mol. The van der Waals surface area contributed by atoms with E-state index in [1.807, 2.05) is 24.3 Å². The van der Waals surface area contributed by atoms with Crippen LogP contribution in [0.25, 0.3) is 0 Å². The van der Waals surface area contributed by atoms with Gasteiger partial charge in [0.15, 0.2) is 0 Å². The highest BCUT2D eigenvalue weighted by atomic mass is 35.5. The van der Waals surface area contributed by atoms with E-state index in [9.17, 15) is 0 Å². The largest absolute Gasteiger partial charge is 0.327 e. The molecule has 0 saturated heterocycles. The number of halogens is 3. The molecule has 1 heterocycles. The van der Waals surface area contributed by atoms with Gasteiger partial charge in [-0.1, -0.05) is 40.9 Å². The van der Waals surface area contributed by atoms with Gasteiger partial charge in [-0.05, 0) is 42.7 Å². The Bertz CT molecular complexity index is 539. The third-order valence-electron chi connectivity index (χ3n) is 2.57. The van der Waals surface area contributed by atoms with Crippen molar-refractivity contribution in [3.63, 3.8) is 0 Å². The minimum Gasteiger partial charge on any atom is -0.327 e. The number of hydrogen-bond acceptors (Lipinski definition) is 2. The van der Waals surface area contributed by atoms with E-state index in [-0.39, 0.29) is 6.04 Å². The zero-order valence-electron chi connectivity index (χ0n) is 9.50. The molecule has 2 N–H and O–H groups in total. The fourth-order valence-electron chi connectivity index (χ4n) is 1.76. The highest BCUT2D eigenvalue weighted by Gasteiger charge is 2.08. The van der Waals surface area contributed by atoms with Crippen LogP contribution >= 0.6 is 46.1 Å². The minimum absolute atomic E-state index is 0.0527. The lowest BCUT2D eigenvalue weighted by molar-refractivity contribution is 0.671. The van der Waals surface area contributed by atoms with Gasteiger partial charge < -0.3 is 5.73 Å². The summed E-state index contributed by atoms with van der Waals surface area (Å²) in [6, 6.07) is 9.58. The van der Waals surface area contributed by atoms with Gasteiger partial charge in [-0.3, -0.25) is 0 Å². The van der Waals surface area contributed by atoms with Crippen LogP contribution in [0.2, 0.25) is 14.4 Å². The smallest absolute Gasteiger partial charge is 0.0931 e. The molecule has 1 atom stereocenters. The lowest BCUT2D eigenvalue weighted by atomic mass is 10.0. The number of nitrogens with two attached hydrogens (primary N) is 1. The predicted molar refractivity (Wildman–Crippen MR) is 81.2 cm³/mol. The first-order valence-electron chi connectivity index (χ1n) is 5.48. The van der Waals surface area contributed by atoms with Crippen molar-refractivity contribution in [1.82, 2.24) is 0 Å². The Labute approximate surface area is 125 Å². The summed E-state index contributed by atoms with van der Waals surface area (Å²) in [5.41, 5.74) is 7.22. The lowest BCUT2D eigenvalue weighted by Crippen LogP contribution is -2.25. The molecule has 18 heavy (non-hydrogen) atoms. The van der Waals surface area contributed by atoms with E-state index in [0.717, 1.165) is 22.7 Å². The van der Waals surface area contributed by atoms with Crippen LogP contribution in [0.4, 0.5) is 0 Å². The fourth-order valence-corrected chi connectivity index (χ4v) is 3.26. The Hall–Kier alpha value is -0.250. The van der Waals surface area contributed by atoms with E-state index in [2.05, 4.69) is 0 Å². The third kappa shape index (κ3) is 3.87. The lowest BCUT2D eigenvalue weighted by Gasteiger charge is -2.11. The Morgan fingerprint density at radius 2 is 1.78 bits per heavy atom. The molecule has 0 saturated carbocycles. The average Bonchev–Trinajstić information content (AvgIpc) is 2.69. The van der Waals surface area contributed by atoms with Crippen LogP contribution in [0.3, 0.4) is 0 Å². The summed E-state index contributed by atoms with van der Waals surface area (Å²) in [6.07, 6.45) is 1.59. The Morgan fingerprint density at radius 1 is 1.00 bits per heavy atom. The topological polar surface area (TPSA) is 26.0 Å². The van der Waals surface area contributed by atoms with Crippen molar-refractivity contribution in [1.29, 1.82) is 0 Å². The van der Waals surface area contributed by atoms with Gasteiger partial charge in [0.2, 0.25) is 0 Å². The summed E-state index contributed by atoms with van der Waals surface area (Å²) in [6.45, 7) is 0. The highest BCUT2D eigenvalue weighted by Crippen LogP contribution is 2.25. The average molecular weight is 321 g/mol. The molecule has 96 valence electrons. The first-order valence-corrected chi connectivity index (χ1v) is 7.43. The van der Waals surface area contributed by atoms with Crippen molar-refractivity contribution >= 4 is 46.1 Å². The van der Waals surface area contributed by atoms with E-state index in [0.29, 0.717) is 10.0 Å². The van der Waals surface area contributed by atoms with Crippen LogP contribution in [0.1, 0.15) is 10.4 Å². The molecule has 0 fully saturated rings. The monoisotopic (exact) mass is 319 g/mol. The van der Waals surface area contributed by atoms with Crippen LogP contribution < -0.4 is 5.73 Å². The summed E-state index contributed by atoms with van der Waals surface area (Å²) in [7, 11) is 0. The molecule has 0 amide bonds. The summed E-state index contributed by atoms with van der Waals surface area (Å²) in [5.74, 6) is 0. The summed E-state index contributed by atoms with van der Waals surface area (Å²) >= 11 is 19.3. The Balaban J connectivity index is 1.98.